The average molecular weight is 300 g/mol. The second-order valence-corrected chi connectivity index (χ2v) is 4.89. The van der Waals surface area contributed by atoms with E-state index in [0.717, 1.165) is 5.56 Å². The van der Waals surface area contributed by atoms with Crippen molar-refractivity contribution < 1.29 is 14.0 Å². The number of amides is 2. The maximum atomic E-state index is 12.8. The fourth-order valence-corrected chi connectivity index (χ4v) is 1.98. The van der Waals surface area contributed by atoms with Crippen LogP contribution in [0.4, 0.5) is 4.39 Å². The minimum atomic E-state index is -0.322. The molecule has 0 heterocycles. The first-order valence-electron chi connectivity index (χ1n) is 6.94. The summed E-state index contributed by atoms with van der Waals surface area (Å²) in [6, 6.07) is 14.3. The third kappa shape index (κ3) is 4.41. The lowest BCUT2D eigenvalue weighted by Gasteiger charge is -2.14. The lowest BCUT2D eigenvalue weighted by Crippen LogP contribution is -2.38. The summed E-state index contributed by atoms with van der Waals surface area (Å²) in [7, 11) is 0. The zero-order chi connectivity index (χ0) is 15.9. The Morgan fingerprint density at radius 2 is 1.68 bits per heavy atom. The summed E-state index contributed by atoms with van der Waals surface area (Å²) in [4.78, 5) is 23.6. The van der Waals surface area contributed by atoms with Gasteiger partial charge in [0.05, 0.1) is 12.6 Å². The highest BCUT2D eigenvalue weighted by atomic mass is 19.1. The Morgan fingerprint density at radius 3 is 2.32 bits per heavy atom. The van der Waals surface area contributed by atoms with Gasteiger partial charge in [0.15, 0.2) is 0 Å². The van der Waals surface area contributed by atoms with Gasteiger partial charge in [0.2, 0.25) is 5.91 Å². The van der Waals surface area contributed by atoms with E-state index in [-0.39, 0.29) is 30.2 Å². The molecule has 114 valence electrons. The maximum Gasteiger partial charge on any atom is 0.251 e. The van der Waals surface area contributed by atoms with Crippen molar-refractivity contribution in [1.29, 1.82) is 0 Å². The molecule has 2 rings (SSSR count). The van der Waals surface area contributed by atoms with Gasteiger partial charge in [-0.25, -0.2) is 4.39 Å². The maximum absolute atomic E-state index is 12.8. The quantitative estimate of drug-likeness (QED) is 0.891. The highest BCUT2D eigenvalue weighted by Gasteiger charge is 2.11. The van der Waals surface area contributed by atoms with Crippen LogP contribution >= 0.6 is 0 Å². The Hall–Kier alpha value is -2.69. The molecule has 0 aliphatic heterocycles. The van der Waals surface area contributed by atoms with Gasteiger partial charge in [0.1, 0.15) is 5.82 Å². The van der Waals surface area contributed by atoms with Crippen molar-refractivity contribution in [3.05, 3.63) is 71.5 Å². The van der Waals surface area contributed by atoms with Crippen molar-refractivity contribution in [2.24, 2.45) is 0 Å². The Kier molecular flexibility index (Phi) is 5.25. The molecule has 0 spiro atoms. The van der Waals surface area contributed by atoms with Gasteiger partial charge < -0.3 is 10.6 Å². The molecule has 1 atom stereocenters. The summed E-state index contributed by atoms with van der Waals surface area (Å²) >= 11 is 0. The molecule has 4 nitrogen and oxygen atoms in total. The van der Waals surface area contributed by atoms with Gasteiger partial charge >= 0.3 is 0 Å². The lowest BCUT2D eigenvalue weighted by molar-refractivity contribution is -0.120. The van der Waals surface area contributed by atoms with Gasteiger partial charge in [-0.2, -0.15) is 0 Å². The molecule has 2 N–H and O–H groups in total. The van der Waals surface area contributed by atoms with E-state index in [1.54, 1.807) is 43.3 Å². The number of rotatable bonds is 5. The Balaban J connectivity index is 1.83. The van der Waals surface area contributed by atoms with Crippen LogP contribution in [0.1, 0.15) is 28.9 Å². The Bertz CT molecular complexity index is 641. The smallest absolute Gasteiger partial charge is 0.251 e. The number of nitrogens with one attached hydrogen (secondary N) is 2. The molecule has 0 aliphatic rings. The Labute approximate surface area is 128 Å². The predicted molar refractivity (Wildman–Crippen MR) is 81.7 cm³/mol. The molecular weight excluding hydrogens is 283 g/mol. The summed E-state index contributed by atoms with van der Waals surface area (Å²) in [5.74, 6) is -0.927. The number of carbonyl (C=O) groups is 2. The number of halogens is 1. The summed E-state index contributed by atoms with van der Waals surface area (Å²) in [6.07, 6.45) is 0. The summed E-state index contributed by atoms with van der Waals surface area (Å²) in [5, 5.41) is 5.30. The topological polar surface area (TPSA) is 58.2 Å². The van der Waals surface area contributed by atoms with Crippen molar-refractivity contribution in [3.63, 3.8) is 0 Å². The van der Waals surface area contributed by atoms with Crippen LogP contribution in [0.25, 0.3) is 0 Å². The predicted octanol–water partition coefficient (Wildman–Crippen LogP) is 2.43. The molecule has 0 radical (unpaired) electrons. The number of hydrogen-bond donors (Lipinski definition) is 2. The molecule has 0 bridgehead atoms. The zero-order valence-corrected chi connectivity index (χ0v) is 12.2. The van der Waals surface area contributed by atoms with Crippen molar-refractivity contribution >= 4 is 11.8 Å². The third-order valence-electron chi connectivity index (χ3n) is 3.19. The molecule has 2 amide bonds. The number of benzene rings is 2. The minimum Gasteiger partial charge on any atom is -0.348 e. The van der Waals surface area contributed by atoms with E-state index in [4.69, 9.17) is 0 Å². The fourth-order valence-electron chi connectivity index (χ4n) is 1.98. The van der Waals surface area contributed by atoms with Crippen molar-refractivity contribution in [2.45, 2.75) is 13.0 Å². The first-order chi connectivity index (χ1) is 10.6. The second-order valence-electron chi connectivity index (χ2n) is 4.89. The Morgan fingerprint density at radius 1 is 1.05 bits per heavy atom. The lowest BCUT2D eigenvalue weighted by atomic mass is 10.1. The highest BCUT2D eigenvalue weighted by molar-refractivity contribution is 5.96. The van der Waals surface area contributed by atoms with Gasteiger partial charge in [0, 0.05) is 5.56 Å². The average Bonchev–Trinajstić information content (AvgIpc) is 2.54. The molecule has 2 aromatic rings. The van der Waals surface area contributed by atoms with Crippen LogP contribution in [-0.4, -0.2) is 18.4 Å². The minimum absolute atomic E-state index is 0.112. The summed E-state index contributed by atoms with van der Waals surface area (Å²) in [6.45, 7) is 1.68. The van der Waals surface area contributed by atoms with Gasteiger partial charge in [-0.05, 0) is 36.8 Å². The molecule has 0 saturated heterocycles. The fraction of sp³-hybridized carbons (Fsp3) is 0.176. The molecule has 0 fully saturated rings. The van der Waals surface area contributed by atoms with Gasteiger partial charge in [-0.3, -0.25) is 9.59 Å². The molecule has 0 unspecified atom stereocenters. The molecular formula is C17H17FN2O2. The first kappa shape index (κ1) is 15.7. The number of carbonyl (C=O) groups excluding carboxylic acids is 2. The van der Waals surface area contributed by atoms with Gasteiger partial charge in [-0.15, -0.1) is 0 Å². The molecule has 5 heteroatoms. The molecule has 0 aliphatic carbocycles. The van der Waals surface area contributed by atoms with Crippen molar-refractivity contribution in [3.8, 4) is 0 Å². The van der Waals surface area contributed by atoms with E-state index >= 15 is 0 Å². The van der Waals surface area contributed by atoms with E-state index in [2.05, 4.69) is 10.6 Å². The van der Waals surface area contributed by atoms with Crippen LogP contribution in [0.15, 0.2) is 54.6 Å². The van der Waals surface area contributed by atoms with Gasteiger partial charge in [-0.1, -0.05) is 30.3 Å². The normalized spacial score (nSPS) is 11.5. The van der Waals surface area contributed by atoms with Crippen LogP contribution in [0.3, 0.4) is 0 Å². The van der Waals surface area contributed by atoms with Crippen LogP contribution < -0.4 is 10.6 Å². The SMILES string of the molecule is C[C@@H](NC(=O)CNC(=O)c1ccccc1)c1ccc(F)cc1. The monoisotopic (exact) mass is 300 g/mol. The molecule has 22 heavy (non-hydrogen) atoms. The zero-order valence-electron chi connectivity index (χ0n) is 12.2. The molecule has 0 saturated carbocycles. The largest absolute Gasteiger partial charge is 0.348 e. The standard InChI is InChI=1S/C17H17FN2O2/c1-12(13-7-9-15(18)10-8-13)20-16(21)11-19-17(22)14-5-3-2-4-6-14/h2-10,12H,11H2,1H3,(H,19,22)(H,20,21)/t12-/m1/s1. The summed E-state index contributed by atoms with van der Waals surface area (Å²) < 4.78 is 12.8. The highest BCUT2D eigenvalue weighted by Crippen LogP contribution is 2.12. The van der Waals surface area contributed by atoms with Gasteiger partial charge in [0.25, 0.3) is 5.91 Å². The van der Waals surface area contributed by atoms with Crippen LogP contribution in [0.2, 0.25) is 0 Å². The van der Waals surface area contributed by atoms with E-state index in [1.807, 2.05) is 6.07 Å². The summed E-state index contributed by atoms with van der Waals surface area (Å²) in [5.41, 5.74) is 1.30. The van der Waals surface area contributed by atoms with E-state index in [1.165, 1.54) is 12.1 Å². The van der Waals surface area contributed by atoms with E-state index in [0.29, 0.717) is 5.56 Å². The van der Waals surface area contributed by atoms with Crippen LogP contribution in [-0.2, 0) is 4.79 Å². The number of hydrogen-bond acceptors (Lipinski definition) is 2. The van der Waals surface area contributed by atoms with Crippen LogP contribution in [0, 0.1) is 5.82 Å². The third-order valence-corrected chi connectivity index (χ3v) is 3.19. The molecule has 0 aromatic heterocycles. The van der Waals surface area contributed by atoms with Crippen molar-refractivity contribution in [2.75, 3.05) is 6.54 Å². The second kappa shape index (κ2) is 7.36. The van der Waals surface area contributed by atoms with Crippen LogP contribution in [0.5, 0.6) is 0 Å². The van der Waals surface area contributed by atoms with E-state index in [9.17, 15) is 14.0 Å². The van der Waals surface area contributed by atoms with Crippen molar-refractivity contribution in [1.82, 2.24) is 10.6 Å². The first-order valence-corrected chi connectivity index (χ1v) is 6.94. The van der Waals surface area contributed by atoms with E-state index < -0.39 is 0 Å². The molecule has 2 aromatic carbocycles.